The fraction of sp³-hybridized carbons (Fsp3) is 0.100. The van der Waals surface area contributed by atoms with Crippen molar-refractivity contribution in [2.75, 3.05) is 0 Å². The Kier molecular flexibility index (Phi) is 2.19. The zero-order valence-electron chi connectivity index (χ0n) is 7.90. The van der Waals surface area contributed by atoms with Crippen LogP contribution in [0.25, 0.3) is 15.5 Å². The maximum Gasteiger partial charge on any atom is 0.194 e. The number of thiophene rings is 1. The van der Waals surface area contributed by atoms with Gasteiger partial charge in [-0.3, -0.25) is 4.40 Å². The zero-order valence-corrected chi connectivity index (χ0v) is 11.1. The molecule has 3 aromatic heterocycles. The lowest BCUT2D eigenvalue weighted by Crippen LogP contribution is -1.77. The van der Waals surface area contributed by atoms with Crippen molar-refractivity contribution < 1.29 is 0 Å². The Morgan fingerprint density at radius 1 is 1.33 bits per heavy atom. The van der Waals surface area contributed by atoms with Crippen molar-refractivity contribution in [1.82, 2.24) is 9.38 Å². The smallest absolute Gasteiger partial charge is 0.194 e. The van der Waals surface area contributed by atoms with Crippen LogP contribution in [-0.4, -0.2) is 9.38 Å². The molecule has 3 heterocycles. The summed E-state index contributed by atoms with van der Waals surface area (Å²) in [5, 5.41) is 4.20. The molecule has 0 aliphatic rings. The molecule has 0 saturated heterocycles. The van der Waals surface area contributed by atoms with Crippen molar-refractivity contribution in [3.8, 4) is 10.6 Å². The fourth-order valence-electron chi connectivity index (χ4n) is 1.46. The largest absolute Gasteiger partial charge is 0.294 e. The van der Waals surface area contributed by atoms with Gasteiger partial charge in [0, 0.05) is 27.1 Å². The lowest BCUT2D eigenvalue weighted by atomic mass is 10.4. The average Bonchev–Trinajstić information content (AvgIpc) is 2.84. The van der Waals surface area contributed by atoms with Gasteiger partial charge in [0.25, 0.3) is 0 Å². The maximum absolute atomic E-state index is 4.59. The molecule has 0 aliphatic heterocycles. The zero-order chi connectivity index (χ0) is 10.4. The van der Waals surface area contributed by atoms with Gasteiger partial charge >= 0.3 is 0 Å². The number of halogens is 1. The normalized spacial score (nSPS) is 11.3. The minimum Gasteiger partial charge on any atom is -0.294 e. The first kappa shape index (κ1) is 9.57. The van der Waals surface area contributed by atoms with Crippen molar-refractivity contribution in [2.24, 2.45) is 0 Å². The molecule has 15 heavy (non-hydrogen) atoms. The summed E-state index contributed by atoms with van der Waals surface area (Å²) < 4.78 is 3.25. The molecule has 0 radical (unpaired) electrons. The van der Waals surface area contributed by atoms with Crippen molar-refractivity contribution in [1.29, 1.82) is 0 Å². The number of aromatic nitrogens is 2. The molecule has 3 rings (SSSR count). The highest BCUT2D eigenvalue weighted by atomic mass is 79.9. The first-order chi connectivity index (χ1) is 7.24. The summed E-state index contributed by atoms with van der Waals surface area (Å²) in [5.74, 6) is 0. The van der Waals surface area contributed by atoms with Gasteiger partial charge in [0.2, 0.25) is 0 Å². The van der Waals surface area contributed by atoms with Crippen LogP contribution in [0.5, 0.6) is 0 Å². The number of rotatable bonds is 1. The molecule has 76 valence electrons. The van der Waals surface area contributed by atoms with Crippen LogP contribution in [-0.2, 0) is 0 Å². The fourth-order valence-corrected chi connectivity index (χ4v) is 3.69. The summed E-state index contributed by atoms with van der Waals surface area (Å²) in [7, 11) is 0. The van der Waals surface area contributed by atoms with Gasteiger partial charge in [0.1, 0.15) is 5.69 Å². The number of hydrogen-bond donors (Lipinski definition) is 0. The van der Waals surface area contributed by atoms with Crippen LogP contribution >= 0.6 is 38.6 Å². The van der Waals surface area contributed by atoms with Crippen molar-refractivity contribution in [3.05, 3.63) is 33.2 Å². The van der Waals surface area contributed by atoms with E-state index in [1.54, 1.807) is 22.7 Å². The second-order valence-corrected chi connectivity index (χ2v) is 5.95. The predicted molar refractivity (Wildman–Crippen MR) is 68.8 cm³/mol. The molecule has 5 heteroatoms. The molecule has 0 atom stereocenters. The molecule has 0 saturated carbocycles. The minimum atomic E-state index is 1.06. The number of nitrogens with zero attached hydrogens (tertiary/aromatic N) is 2. The van der Waals surface area contributed by atoms with Crippen LogP contribution in [0.4, 0.5) is 0 Å². The van der Waals surface area contributed by atoms with Crippen LogP contribution in [0.15, 0.2) is 27.5 Å². The van der Waals surface area contributed by atoms with Crippen LogP contribution in [0.1, 0.15) is 5.69 Å². The highest BCUT2D eigenvalue weighted by Crippen LogP contribution is 2.30. The van der Waals surface area contributed by atoms with Crippen molar-refractivity contribution in [2.45, 2.75) is 6.92 Å². The van der Waals surface area contributed by atoms with Crippen LogP contribution < -0.4 is 0 Å². The molecule has 0 bridgehead atoms. The topological polar surface area (TPSA) is 17.3 Å². The molecule has 0 unspecified atom stereocenters. The first-order valence-corrected chi connectivity index (χ1v) is 6.97. The van der Waals surface area contributed by atoms with Gasteiger partial charge in [-0.25, -0.2) is 4.98 Å². The van der Waals surface area contributed by atoms with E-state index in [9.17, 15) is 0 Å². The third kappa shape index (κ3) is 1.55. The second kappa shape index (κ2) is 3.43. The van der Waals surface area contributed by atoms with Gasteiger partial charge in [-0.1, -0.05) is 0 Å². The van der Waals surface area contributed by atoms with Crippen molar-refractivity contribution in [3.63, 3.8) is 0 Å². The Bertz CT molecular complexity index is 620. The van der Waals surface area contributed by atoms with E-state index >= 15 is 0 Å². The molecule has 3 aromatic rings. The van der Waals surface area contributed by atoms with Gasteiger partial charge in [-0.2, -0.15) is 0 Å². The third-order valence-electron chi connectivity index (χ3n) is 2.21. The summed E-state index contributed by atoms with van der Waals surface area (Å²) in [4.78, 5) is 6.86. The maximum atomic E-state index is 4.59. The summed E-state index contributed by atoms with van der Waals surface area (Å²) in [6, 6.07) is 2.10. The summed E-state index contributed by atoms with van der Waals surface area (Å²) in [6.07, 6.45) is 2.10. The quantitative estimate of drug-likeness (QED) is 0.658. The molecule has 0 amide bonds. The number of thiazole rings is 1. The Labute approximate surface area is 103 Å². The number of aryl methyl sites for hydroxylation is 1. The molecule has 0 fully saturated rings. The lowest BCUT2D eigenvalue weighted by Gasteiger charge is -1.87. The molecular weight excluding hydrogens is 292 g/mol. The Hall–Kier alpha value is -0.650. The van der Waals surface area contributed by atoms with E-state index in [4.69, 9.17) is 0 Å². The van der Waals surface area contributed by atoms with E-state index in [-0.39, 0.29) is 0 Å². The summed E-state index contributed by atoms with van der Waals surface area (Å²) >= 11 is 6.85. The Morgan fingerprint density at radius 2 is 2.20 bits per heavy atom. The van der Waals surface area contributed by atoms with Gasteiger partial charge in [0.05, 0.1) is 4.88 Å². The highest BCUT2D eigenvalue weighted by Gasteiger charge is 2.08. The molecule has 2 nitrogen and oxygen atoms in total. The molecule has 0 N–H and O–H groups in total. The third-order valence-corrected chi connectivity index (χ3v) is 4.88. The van der Waals surface area contributed by atoms with Crippen molar-refractivity contribution >= 4 is 43.6 Å². The summed E-state index contributed by atoms with van der Waals surface area (Å²) in [6.45, 7) is 2.10. The van der Waals surface area contributed by atoms with E-state index < -0.39 is 0 Å². The molecular formula is C10H7BrN2S2. The minimum absolute atomic E-state index is 1.06. The summed E-state index contributed by atoms with van der Waals surface area (Å²) in [5.41, 5.74) is 2.30. The number of hydrogen-bond acceptors (Lipinski definition) is 3. The standard InChI is InChI=1S/C10H7BrN2S2/c1-6-4-15-10-12-8(3-13(6)10)9-2-7(11)5-14-9/h2-5H,1H3. The second-order valence-electron chi connectivity index (χ2n) is 3.28. The Balaban J connectivity index is 2.19. The molecule has 0 spiro atoms. The van der Waals surface area contributed by atoms with Crippen LogP contribution in [0.3, 0.4) is 0 Å². The van der Waals surface area contributed by atoms with E-state index in [0.717, 1.165) is 15.1 Å². The van der Waals surface area contributed by atoms with E-state index in [2.05, 4.69) is 55.3 Å². The van der Waals surface area contributed by atoms with E-state index in [0.29, 0.717) is 0 Å². The molecule has 0 aromatic carbocycles. The van der Waals surface area contributed by atoms with Gasteiger partial charge in [0.15, 0.2) is 4.96 Å². The van der Waals surface area contributed by atoms with E-state index in [1.807, 2.05) is 0 Å². The first-order valence-electron chi connectivity index (χ1n) is 4.41. The van der Waals surface area contributed by atoms with Gasteiger partial charge < -0.3 is 0 Å². The number of imidazole rings is 1. The lowest BCUT2D eigenvalue weighted by molar-refractivity contribution is 1.13. The van der Waals surface area contributed by atoms with Gasteiger partial charge in [-0.15, -0.1) is 22.7 Å². The van der Waals surface area contributed by atoms with Crippen LogP contribution in [0.2, 0.25) is 0 Å². The monoisotopic (exact) mass is 298 g/mol. The number of fused-ring (bicyclic) bond motifs is 1. The average molecular weight is 299 g/mol. The van der Waals surface area contributed by atoms with E-state index in [1.165, 1.54) is 10.6 Å². The van der Waals surface area contributed by atoms with Gasteiger partial charge in [-0.05, 0) is 28.9 Å². The Morgan fingerprint density at radius 3 is 2.87 bits per heavy atom. The van der Waals surface area contributed by atoms with Crippen LogP contribution in [0, 0.1) is 6.92 Å². The molecule has 0 aliphatic carbocycles. The highest BCUT2D eigenvalue weighted by molar-refractivity contribution is 9.10. The predicted octanol–water partition coefficient (Wildman–Crippen LogP) is 4.20. The SMILES string of the molecule is Cc1csc2nc(-c3cc(Br)cs3)cn12.